The van der Waals surface area contributed by atoms with Crippen LogP contribution in [0.25, 0.3) is 0 Å². The zero-order chi connectivity index (χ0) is 17.5. The molecule has 0 radical (unpaired) electrons. The summed E-state index contributed by atoms with van der Waals surface area (Å²) >= 11 is 0. The molecule has 5 nitrogen and oxygen atoms in total. The van der Waals surface area contributed by atoms with Crippen molar-refractivity contribution in [1.29, 1.82) is 0 Å². The van der Waals surface area contributed by atoms with Gasteiger partial charge in [0, 0.05) is 12.5 Å². The fraction of sp³-hybridized carbons (Fsp3) is 0.444. The molecule has 0 saturated carbocycles. The van der Waals surface area contributed by atoms with Gasteiger partial charge in [-0.2, -0.15) is 0 Å². The van der Waals surface area contributed by atoms with Gasteiger partial charge in [-0.1, -0.05) is 18.2 Å². The number of carbonyl (C=O) groups is 2. The van der Waals surface area contributed by atoms with Crippen LogP contribution in [0.3, 0.4) is 0 Å². The average molecular weight is 335 g/mol. The predicted octanol–water partition coefficient (Wildman–Crippen LogP) is 2.34. The molecule has 1 aliphatic carbocycles. The van der Waals surface area contributed by atoms with Crippen molar-refractivity contribution >= 4 is 11.9 Å². The van der Waals surface area contributed by atoms with Gasteiger partial charge in [0.05, 0.1) is 13.0 Å². The van der Waals surface area contributed by atoms with E-state index in [1.54, 1.807) is 6.07 Å². The van der Waals surface area contributed by atoms with Crippen LogP contribution in [-0.2, 0) is 20.7 Å². The number of nitrogens with one attached hydrogen (secondary N) is 1. The Labute approximate surface area is 140 Å². The number of ether oxygens (including phenoxy) is 1. The van der Waals surface area contributed by atoms with Crippen LogP contribution in [0.15, 0.2) is 30.4 Å². The van der Waals surface area contributed by atoms with Crippen molar-refractivity contribution < 1.29 is 23.8 Å². The van der Waals surface area contributed by atoms with Gasteiger partial charge in [-0.15, -0.1) is 0 Å². The maximum atomic E-state index is 13.4. The van der Waals surface area contributed by atoms with Crippen LogP contribution in [0.1, 0.15) is 24.8 Å². The van der Waals surface area contributed by atoms with Gasteiger partial charge < -0.3 is 15.2 Å². The van der Waals surface area contributed by atoms with Gasteiger partial charge in [-0.05, 0) is 43.4 Å². The largest absolute Gasteiger partial charge is 0.505 e. The molecule has 0 fully saturated rings. The van der Waals surface area contributed by atoms with Gasteiger partial charge >= 0.3 is 5.97 Å². The Morgan fingerprint density at radius 2 is 2.21 bits per heavy atom. The van der Waals surface area contributed by atoms with Crippen molar-refractivity contribution in [1.82, 2.24) is 5.32 Å². The Kier molecular flexibility index (Phi) is 6.35. The third-order valence-electron chi connectivity index (χ3n) is 4.19. The fourth-order valence-electron chi connectivity index (χ4n) is 2.77. The standard InChI is InChI=1S/C18H22FNO4/c1-24-18(23)14(9-12-7-8-16(21)15(19)10-12)11-20-17(22)13-5-3-2-4-6-13/h2-3,7-8,10,13-14,21H,4-6,9,11H2,1H3,(H,20,22)/t13-,14+/m1/s1. The molecule has 2 atom stereocenters. The van der Waals surface area contributed by atoms with E-state index in [0.717, 1.165) is 12.8 Å². The number of esters is 1. The van der Waals surface area contributed by atoms with Crippen LogP contribution >= 0.6 is 0 Å². The number of allylic oxidation sites excluding steroid dienone is 2. The number of phenols is 1. The Hall–Kier alpha value is -2.37. The molecule has 6 heteroatoms. The summed E-state index contributed by atoms with van der Waals surface area (Å²) < 4.78 is 18.2. The highest BCUT2D eigenvalue weighted by atomic mass is 19.1. The van der Waals surface area contributed by atoms with Gasteiger partial charge in [0.2, 0.25) is 5.91 Å². The van der Waals surface area contributed by atoms with E-state index in [2.05, 4.69) is 11.4 Å². The molecule has 1 amide bonds. The Bertz CT molecular complexity index is 629. The monoisotopic (exact) mass is 335 g/mol. The predicted molar refractivity (Wildman–Crippen MR) is 86.8 cm³/mol. The zero-order valence-electron chi connectivity index (χ0n) is 13.6. The maximum absolute atomic E-state index is 13.4. The van der Waals surface area contributed by atoms with E-state index in [1.807, 2.05) is 6.08 Å². The van der Waals surface area contributed by atoms with Crippen LogP contribution in [0.4, 0.5) is 4.39 Å². The van der Waals surface area contributed by atoms with Crippen LogP contribution < -0.4 is 5.32 Å². The van der Waals surface area contributed by atoms with E-state index in [9.17, 15) is 19.1 Å². The molecule has 0 saturated heterocycles. The third kappa shape index (κ3) is 4.81. The average Bonchev–Trinajstić information content (AvgIpc) is 2.61. The van der Waals surface area contributed by atoms with E-state index in [0.29, 0.717) is 12.0 Å². The lowest BCUT2D eigenvalue weighted by atomic mass is 9.93. The molecule has 0 bridgehead atoms. The van der Waals surface area contributed by atoms with E-state index >= 15 is 0 Å². The second-order valence-electron chi connectivity index (χ2n) is 5.94. The van der Waals surface area contributed by atoms with E-state index < -0.39 is 23.5 Å². The first kappa shape index (κ1) is 18.0. The van der Waals surface area contributed by atoms with Gasteiger partial charge in [-0.25, -0.2) is 4.39 Å². The van der Waals surface area contributed by atoms with Crippen molar-refractivity contribution in [2.24, 2.45) is 11.8 Å². The first-order valence-corrected chi connectivity index (χ1v) is 7.99. The molecule has 0 aliphatic heterocycles. The summed E-state index contributed by atoms with van der Waals surface area (Å²) in [5.41, 5.74) is 0.551. The number of carbonyl (C=O) groups excluding carboxylic acids is 2. The molecule has 1 aliphatic rings. The number of amides is 1. The van der Waals surface area contributed by atoms with E-state index in [4.69, 9.17) is 4.74 Å². The third-order valence-corrected chi connectivity index (χ3v) is 4.19. The van der Waals surface area contributed by atoms with Gasteiger partial charge in [0.15, 0.2) is 11.6 Å². The number of methoxy groups -OCH3 is 1. The lowest BCUT2D eigenvalue weighted by Gasteiger charge is -2.20. The van der Waals surface area contributed by atoms with Gasteiger partial charge in [-0.3, -0.25) is 9.59 Å². The number of benzene rings is 1. The van der Waals surface area contributed by atoms with Crippen molar-refractivity contribution in [2.75, 3.05) is 13.7 Å². The molecule has 0 heterocycles. The first-order valence-electron chi connectivity index (χ1n) is 7.99. The fourth-order valence-corrected chi connectivity index (χ4v) is 2.77. The number of phenolic OH excluding ortho intramolecular Hbond substituents is 1. The first-order chi connectivity index (χ1) is 11.5. The van der Waals surface area contributed by atoms with Crippen molar-refractivity contribution in [3.63, 3.8) is 0 Å². The summed E-state index contributed by atoms with van der Waals surface area (Å²) in [5.74, 6) is -2.40. The number of halogens is 1. The Morgan fingerprint density at radius 1 is 1.42 bits per heavy atom. The summed E-state index contributed by atoms with van der Waals surface area (Å²) in [4.78, 5) is 24.1. The molecule has 2 rings (SSSR count). The summed E-state index contributed by atoms with van der Waals surface area (Å²) in [5, 5.41) is 12.0. The number of rotatable bonds is 6. The van der Waals surface area contributed by atoms with Crippen molar-refractivity contribution in [3.05, 3.63) is 41.7 Å². The van der Waals surface area contributed by atoms with Gasteiger partial charge in [0.25, 0.3) is 0 Å². The van der Waals surface area contributed by atoms with Gasteiger partial charge in [0.1, 0.15) is 0 Å². The number of hydrogen-bond donors (Lipinski definition) is 2. The Balaban J connectivity index is 1.97. The highest BCUT2D eigenvalue weighted by Gasteiger charge is 2.24. The summed E-state index contributed by atoms with van der Waals surface area (Å²) in [7, 11) is 1.28. The summed E-state index contributed by atoms with van der Waals surface area (Å²) in [6.07, 6.45) is 6.65. The smallest absolute Gasteiger partial charge is 0.310 e. The van der Waals surface area contributed by atoms with Crippen molar-refractivity contribution in [2.45, 2.75) is 25.7 Å². The number of hydrogen-bond acceptors (Lipinski definition) is 4. The molecular formula is C18H22FNO4. The SMILES string of the molecule is COC(=O)[C@H](CNC(=O)[C@@H]1CC=CCC1)Cc1ccc(O)c(F)c1. The van der Waals surface area contributed by atoms with Crippen LogP contribution in [0.5, 0.6) is 5.75 Å². The molecular weight excluding hydrogens is 313 g/mol. The molecule has 24 heavy (non-hydrogen) atoms. The molecule has 0 aromatic heterocycles. The molecule has 2 N–H and O–H groups in total. The lowest BCUT2D eigenvalue weighted by molar-refractivity contribution is -0.145. The quantitative estimate of drug-likeness (QED) is 0.618. The summed E-state index contributed by atoms with van der Waals surface area (Å²) in [6, 6.07) is 3.97. The highest BCUT2D eigenvalue weighted by Crippen LogP contribution is 2.20. The molecule has 130 valence electrons. The maximum Gasteiger partial charge on any atom is 0.310 e. The second kappa shape index (κ2) is 8.47. The van der Waals surface area contributed by atoms with Crippen molar-refractivity contribution in [3.8, 4) is 5.75 Å². The second-order valence-corrected chi connectivity index (χ2v) is 5.94. The molecule has 1 aromatic rings. The summed E-state index contributed by atoms with van der Waals surface area (Å²) in [6.45, 7) is 0.133. The van der Waals surface area contributed by atoms with E-state index in [1.165, 1.54) is 19.2 Å². The van der Waals surface area contributed by atoms with Crippen LogP contribution in [-0.4, -0.2) is 30.6 Å². The lowest BCUT2D eigenvalue weighted by Crippen LogP contribution is -2.38. The zero-order valence-corrected chi connectivity index (χ0v) is 13.6. The van der Waals surface area contributed by atoms with Crippen LogP contribution in [0.2, 0.25) is 0 Å². The minimum atomic E-state index is -0.742. The minimum Gasteiger partial charge on any atom is -0.505 e. The minimum absolute atomic E-state index is 0.0700. The Morgan fingerprint density at radius 3 is 2.83 bits per heavy atom. The highest BCUT2D eigenvalue weighted by molar-refractivity contribution is 5.80. The topological polar surface area (TPSA) is 75.6 Å². The molecule has 1 aromatic carbocycles. The van der Waals surface area contributed by atoms with Crippen LogP contribution in [0, 0.1) is 17.7 Å². The molecule has 0 spiro atoms. The number of aromatic hydroxyl groups is 1. The molecule has 0 unspecified atom stereocenters. The normalized spacial score (nSPS) is 18.0. The van der Waals surface area contributed by atoms with E-state index in [-0.39, 0.29) is 24.8 Å².